The molecule has 0 fully saturated rings. The maximum atomic E-state index is 8.65. The molecule has 0 saturated heterocycles. The molecule has 4 nitrogen and oxygen atoms in total. The first-order valence-electron chi connectivity index (χ1n) is 4.20. The van der Waals surface area contributed by atoms with Crippen molar-refractivity contribution in [1.29, 1.82) is 0 Å². The fourth-order valence-corrected chi connectivity index (χ4v) is 1.88. The highest BCUT2D eigenvalue weighted by Gasteiger charge is 2.07. The van der Waals surface area contributed by atoms with E-state index < -0.39 is 0 Å². The van der Waals surface area contributed by atoms with E-state index in [4.69, 9.17) is 5.21 Å². The number of hydrogen-bond acceptors (Lipinski definition) is 3. The van der Waals surface area contributed by atoms with Crippen molar-refractivity contribution in [3.8, 4) is 0 Å². The van der Waals surface area contributed by atoms with E-state index in [2.05, 4.69) is 26.5 Å². The molecule has 0 spiro atoms. The van der Waals surface area contributed by atoms with Gasteiger partial charge in [-0.2, -0.15) is 10.6 Å². The van der Waals surface area contributed by atoms with Crippen molar-refractivity contribution in [3.05, 3.63) is 28.4 Å². The van der Waals surface area contributed by atoms with E-state index in [1.54, 1.807) is 4.68 Å². The van der Waals surface area contributed by atoms with Crippen molar-refractivity contribution in [2.45, 2.75) is 6.54 Å². The number of fused-ring (bicyclic) bond motifs is 1. The lowest BCUT2D eigenvalue weighted by atomic mass is 10.2. The normalized spacial score (nSPS) is 11.1. The summed E-state index contributed by atoms with van der Waals surface area (Å²) < 4.78 is 2.81. The molecule has 1 aromatic heterocycles. The molecule has 0 unspecified atom stereocenters. The van der Waals surface area contributed by atoms with Crippen molar-refractivity contribution < 1.29 is 5.21 Å². The SMILES string of the molecule is Cn1nc(CNO)c2cc(Br)ccc21. The highest BCUT2D eigenvalue weighted by Crippen LogP contribution is 2.22. The highest BCUT2D eigenvalue weighted by molar-refractivity contribution is 9.10. The Balaban J connectivity index is 2.66. The predicted molar refractivity (Wildman–Crippen MR) is 57.0 cm³/mol. The molecule has 0 aliphatic rings. The Morgan fingerprint density at radius 3 is 3.07 bits per heavy atom. The first kappa shape index (κ1) is 9.64. The van der Waals surface area contributed by atoms with Crippen molar-refractivity contribution in [3.63, 3.8) is 0 Å². The number of aryl methyl sites for hydroxylation is 1. The van der Waals surface area contributed by atoms with Gasteiger partial charge in [-0.1, -0.05) is 15.9 Å². The lowest BCUT2D eigenvalue weighted by Crippen LogP contribution is -2.07. The molecule has 14 heavy (non-hydrogen) atoms. The summed E-state index contributed by atoms with van der Waals surface area (Å²) in [4.78, 5) is 0. The second-order valence-electron chi connectivity index (χ2n) is 3.07. The largest absolute Gasteiger partial charge is 0.316 e. The van der Waals surface area contributed by atoms with Gasteiger partial charge < -0.3 is 5.21 Å². The molecule has 0 amide bonds. The molecule has 0 saturated carbocycles. The smallest absolute Gasteiger partial charge is 0.0865 e. The van der Waals surface area contributed by atoms with E-state index in [-0.39, 0.29) is 0 Å². The number of hydroxylamine groups is 1. The van der Waals surface area contributed by atoms with Gasteiger partial charge in [-0.15, -0.1) is 0 Å². The van der Waals surface area contributed by atoms with Crippen LogP contribution in [0, 0.1) is 0 Å². The van der Waals surface area contributed by atoms with Crippen LogP contribution in [0.15, 0.2) is 22.7 Å². The van der Waals surface area contributed by atoms with E-state index >= 15 is 0 Å². The Bertz CT molecular complexity index is 466. The maximum Gasteiger partial charge on any atom is 0.0865 e. The molecule has 0 atom stereocenters. The first-order chi connectivity index (χ1) is 6.72. The summed E-state index contributed by atoms with van der Waals surface area (Å²) >= 11 is 3.41. The van der Waals surface area contributed by atoms with Gasteiger partial charge in [0.2, 0.25) is 0 Å². The van der Waals surface area contributed by atoms with Crippen LogP contribution in [-0.2, 0) is 13.6 Å². The molecule has 74 valence electrons. The second kappa shape index (κ2) is 3.68. The van der Waals surface area contributed by atoms with Crippen LogP contribution in [0.1, 0.15) is 5.69 Å². The standard InChI is InChI=1S/C9H10BrN3O/c1-13-9-3-2-6(10)4-7(9)8(12-13)5-11-14/h2-4,11,14H,5H2,1H3. The summed E-state index contributed by atoms with van der Waals surface area (Å²) in [7, 11) is 1.89. The first-order valence-corrected chi connectivity index (χ1v) is 5.00. The molecule has 1 heterocycles. The van der Waals surface area contributed by atoms with Crippen LogP contribution >= 0.6 is 15.9 Å². The quantitative estimate of drug-likeness (QED) is 0.806. The van der Waals surface area contributed by atoms with Crippen molar-refractivity contribution in [2.75, 3.05) is 0 Å². The van der Waals surface area contributed by atoms with Crippen LogP contribution in [0.3, 0.4) is 0 Å². The van der Waals surface area contributed by atoms with Gasteiger partial charge in [0, 0.05) is 16.9 Å². The predicted octanol–water partition coefficient (Wildman–Crippen LogP) is 1.81. The van der Waals surface area contributed by atoms with Crippen molar-refractivity contribution >= 4 is 26.8 Å². The number of nitrogens with zero attached hydrogens (tertiary/aromatic N) is 2. The third kappa shape index (κ3) is 1.54. The Hall–Kier alpha value is -0.910. The van der Waals surface area contributed by atoms with Crippen LogP contribution in [-0.4, -0.2) is 15.0 Å². The third-order valence-electron chi connectivity index (χ3n) is 2.14. The van der Waals surface area contributed by atoms with Crippen LogP contribution in [0.25, 0.3) is 10.9 Å². The average Bonchev–Trinajstić information content (AvgIpc) is 2.44. The third-order valence-corrected chi connectivity index (χ3v) is 2.63. The van der Waals surface area contributed by atoms with E-state index in [0.717, 1.165) is 21.1 Å². The Labute approximate surface area is 89.6 Å². The Morgan fingerprint density at radius 2 is 2.36 bits per heavy atom. The molecule has 0 aliphatic heterocycles. The lowest BCUT2D eigenvalue weighted by molar-refractivity contribution is 0.160. The monoisotopic (exact) mass is 255 g/mol. The minimum Gasteiger partial charge on any atom is -0.316 e. The van der Waals surface area contributed by atoms with Gasteiger partial charge in [0.25, 0.3) is 0 Å². The van der Waals surface area contributed by atoms with Crippen LogP contribution < -0.4 is 5.48 Å². The van der Waals surface area contributed by atoms with E-state index in [9.17, 15) is 0 Å². The number of rotatable bonds is 2. The number of hydrogen-bond donors (Lipinski definition) is 2. The van der Waals surface area contributed by atoms with Crippen LogP contribution in [0.5, 0.6) is 0 Å². The Morgan fingerprint density at radius 1 is 1.57 bits per heavy atom. The molecular weight excluding hydrogens is 246 g/mol. The molecule has 2 N–H and O–H groups in total. The number of halogens is 1. The molecule has 0 bridgehead atoms. The van der Waals surface area contributed by atoms with Gasteiger partial charge in [0.1, 0.15) is 0 Å². The topological polar surface area (TPSA) is 50.1 Å². The average molecular weight is 256 g/mol. The highest BCUT2D eigenvalue weighted by atomic mass is 79.9. The minimum atomic E-state index is 0.355. The summed E-state index contributed by atoms with van der Waals surface area (Å²) in [5.41, 5.74) is 4.01. The zero-order valence-corrected chi connectivity index (χ0v) is 9.24. The maximum absolute atomic E-state index is 8.65. The van der Waals surface area contributed by atoms with E-state index in [0.29, 0.717) is 6.54 Å². The zero-order valence-electron chi connectivity index (χ0n) is 7.66. The molecule has 2 aromatic rings. The van der Waals surface area contributed by atoms with Crippen molar-refractivity contribution in [1.82, 2.24) is 15.3 Å². The minimum absolute atomic E-state index is 0.355. The van der Waals surface area contributed by atoms with Crippen LogP contribution in [0.4, 0.5) is 0 Å². The molecular formula is C9H10BrN3O. The number of nitrogens with one attached hydrogen (secondary N) is 1. The summed E-state index contributed by atoms with van der Waals surface area (Å²) in [5, 5.41) is 14.0. The van der Waals surface area contributed by atoms with Crippen LogP contribution in [0.2, 0.25) is 0 Å². The number of benzene rings is 1. The molecule has 1 aromatic carbocycles. The summed E-state index contributed by atoms with van der Waals surface area (Å²) in [6.07, 6.45) is 0. The summed E-state index contributed by atoms with van der Waals surface area (Å²) in [6.45, 7) is 0.355. The zero-order chi connectivity index (χ0) is 10.1. The van der Waals surface area contributed by atoms with Gasteiger partial charge >= 0.3 is 0 Å². The number of aromatic nitrogens is 2. The molecule has 0 aliphatic carbocycles. The van der Waals surface area contributed by atoms with Gasteiger partial charge in [-0.25, -0.2) is 0 Å². The fraction of sp³-hybridized carbons (Fsp3) is 0.222. The summed E-state index contributed by atoms with van der Waals surface area (Å²) in [5.74, 6) is 0. The molecule has 2 rings (SSSR count). The fourth-order valence-electron chi connectivity index (χ4n) is 1.52. The van der Waals surface area contributed by atoms with Gasteiger partial charge in [0.05, 0.1) is 17.8 Å². The lowest BCUT2D eigenvalue weighted by Gasteiger charge is -1.95. The van der Waals surface area contributed by atoms with E-state index in [1.165, 1.54) is 0 Å². The van der Waals surface area contributed by atoms with E-state index in [1.807, 2.05) is 25.2 Å². The van der Waals surface area contributed by atoms with Gasteiger partial charge in [0.15, 0.2) is 0 Å². The molecule has 5 heteroatoms. The van der Waals surface area contributed by atoms with Gasteiger partial charge in [-0.3, -0.25) is 4.68 Å². The van der Waals surface area contributed by atoms with Crippen molar-refractivity contribution in [2.24, 2.45) is 7.05 Å². The second-order valence-corrected chi connectivity index (χ2v) is 3.98. The summed E-state index contributed by atoms with van der Waals surface area (Å²) in [6, 6.07) is 5.96. The van der Waals surface area contributed by atoms with Gasteiger partial charge in [-0.05, 0) is 18.2 Å². The Kier molecular flexibility index (Phi) is 2.54. The molecule has 0 radical (unpaired) electrons.